The van der Waals surface area contributed by atoms with Crippen molar-refractivity contribution in [2.75, 3.05) is 0 Å². The van der Waals surface area contributed by atoms with E-state index in [9.17, 15) is 0 Å². The Hall–Kier alpha value is -1.45. The molecule has 2 rings (SSSR count). The minimum atomic E-state index is -0.384. The van der Waals surface area contributed by atoms with Crippen LogP contribution in [0.4, 0.5) is 0 Å². The quantitative estimate of drug-likeness (QED) is 0.668. The Labute approximate surface area is 94.2 Å². The maximum Gasteiger partial charge on any atom is 0.139 e. The monoisotopic (exact) mass is 218 g/mol. The number of ether oxygens (including phenoxy) is 1. The molecule has 16 heavy (non-hydrogen) atoms. The molecule has 0 amide bonds. The molecule has 1 fully saturated rings. The lowest BCUT2D eigenvalue weighted by Crippen LogP contribution is -2.39. The summed E-state index contributed by atoms with van der Waals surface area (Å²) in [5, 5.41) is 8.91. The first kappa shape index (κ1) is 11.0. The standard InChI is InChI=1S/C11H14N4O/c12-6-9-10(13)14-15-11(9)16-7-8-4-2-1-3-5-8/h1-5,9-11,14-15H,7,13H2. The van der Waals surface area contributed by atoms with Crippen LogP contribution in [0.15, 0.2) is 30.3 Å². The van der Waals surface area contributed by atoms with Crippen LogP contribution in [0.1, 0.15) is 5.56 Å². The molecular formula is C11H14N4O. The number of hydrogen-bond donors (Lipinski definition) is 3. The van der Waals surface area contributed by atoms with Crippen LogP contribution >= 0.6 is 0 Å². The van der Waals surface area contributed by atoms with Gasteiger partial charge in [-0.3, -0.25) is 0 Å². The van der Waals surface area contributed by atoms with Gasteiger partial charge in [-0.2, -0.15) is 5.26 Å². The topological polar surface area (TPSA) is 83.1 Å². The SMILES string of the molecule is N#CC1C(N)NNC1OCc1ccccc1. The predicted octanol–water partition coefficient (Wildman–Crippen LogP) is 0.0617. The predicted molar refractivity (Wildman–Crippen MR) is 58.4 cm³/mol. The molecular weight excluding hydrogens is 204 g/mol. The van der Waals surface area contributed by atoms with Crippen molar-refractivity contribution in [3.63, 3.8) is 0 Å². The van der Waals surface area contributed by atoms with Crippen LogP contribution in [0.3, 0.4) is 0 Å². The van der Waals surface area contributed by atoms with Crippen molar-refractivity contribution in [2.45, 2.75) is 19.0 Å². The Morgan fingerprint density at radius 2 is 2.06 bits per heavy atom. The lowest BCUT2D eigenvalue weighted by molar-refractivity contribution is 0.0108. The van der Waals surface area contributed by atoms with Crippen LogP contribution in [0.2, 0.25) is 0 Å². The smallest absolute Gasteiger partial charge is 0.139 e. The van der Waals surface area contributed by atoms with Crippen LogP contribution < -0.4 is 16.6 Å². The molecule has 1 aromatic rings. The number of benzene rings is 1. The van der Waals surface area contributed by atoms with Crippen LogP contribution in [-0.2, 0) is 11.3 Å². The van der Waals surface area contributed by atoms with E-state index in [4.69, 9.17) is 15.7 Å². The van der Waals surface area contributed by atoms with Crippen LogP contribution in [0.5, 0.6) is 0 Å². The molecule has 84 valence electrons. The van der Waals surface area contributed by atoms with E-state index in [1.165, 1.54) is 0 Å². The molecule has 0 aliphatic carbocycles. The van der Waals surface area contributed by atoms with Gasteiger partial charge < -0.3 is 10.5 Å². The minimum Gasteiger partial charge on any atom is -0.356 e. The number of rotatable bonds is 3. The van der Waals surface area contributed by atoms with E-state index >= 15 is 0 Å². The van der Waals surface area contributed by atoms with Gasteiger partial charge in [0.15, 0.2) is 0 Å². The van der Waals surface area contributed by atoms with Gasteiger partial charge >= 0.3 is 0 Å². The number of nitrogens with one attached hydrogen (secondary N) is 2. The van der Waals surface area contributed by atoms with E-state index in [0.717, 1.165) is 5.56 Å². The highest BCUT2D eigenvalue weighted by molar-refractivity contribution is 5.13. The van der Waals surface area contributed by atoms with E-state index < -0.39 is 0 Å². The molecule has 5 heteroatoms. The Morgan fingerprint density at radius 1 is 1.31 bits per heavy atom. The van der Waals surface area contributed by atoms with Gasteiger partial charge in [0.2, 0.25) is 0 Å². The Bertz CT molecular complexity index is 375. The molecule has 1 saturated heterocycles. The van der Waals surface area contributed by atoms with Crippen molar-refractivity contribution in [1.29, 1.82) is 5.26 Å². The minimum absolute atomic E-state index is 0.361. The highest BCUT2D eigenvalue weighted by Crippen LogP contribution is 2.13. The molecule has 1 aromatic carbocycles. The van der Waals surface area contributed by atoms with Crippen LogP contribution in [0.25, 0.3) is 0 Å². The van der Waals surface area contributed by atoms with Gasteiger partial charge in [-0.05, 0) is 5.56 Å². The van der Waals surface area contributed by atoms with Crippen molar-refractivity contribution in [3.05, 3.63) is 35.9 Å². The summed E-state index contributed by atoms with van der Waals surface area (Å²) in [6.45, 7) is 0.463. The number of nitriles is 1. The molecule has 1 heterocycles. The largest absolute Gasteiger partial charge is 0.356 e. The van der Waals surface area contributed by atoms with E-state index in [-0.39, 0.29) is 18.3 Å². The van der Waals surface area contributed by atoms with E-state index in [2.05, 4.69) is 16.9 Å². The summed E-state index contributed by atoms with van der Waals surface area (Å²) in [5.41, 5.74) is 12.4. The lowest BCUT2D eigenvalue weighted by atomic mass is 10.1. The molecule has 0 saturated carbocycles. The van der Waals surface area contributed by atoms with E-state index in [0.29, 0.717) is 6.61 Å². The molecule has 0 spiro atoms. The number of nitrogens with two attached hydrogens (primary N) is 1. The fraction of sp³-hybridized carbons (Fsp3) is 0.364. The average Bonchev–Trinajstić information content (AvgIpc) is 2.68. The van der Waals surface area contributed by atoms with Crippen molar-refractivity contribution >= 4 is 0 Å². The highest BCUT2D eigenvalue weighted by atomic mass is 16.5. The molecule has 3 unspecified atom stereocenters. The second-order valence-electron chi connectivity index (χ2n) is 3.69. The fourth-order valence-corrected chi connectivity index (χ4v) is 1.60. The molecule has 1 aliphatic rings. The van der Waals surface area contributed by atoms with Crippen molar-refractivity contribution < 1.29 is 4.74 Å². The fourth-order valence-electron chi connectivity index (χ4n) is 1.60. The normalized spacial score (nSPS) is 28.9. The first-order valence-corrected chi connectivity index (χ1v) is 5.13. The first-order chi connectivity index (χ1) is 7.81. The van der Waals surface area contributed by atoms with Gasteiger partial charge in [-0.15, -0.1) is 0 Å². The zero-order valence-electron chi connectivity index (χ0n) is 8.76. The maximum absolute atomic E-state index is 8.91. The van der Waals surface area contributed by atoms with Crippen LogP contribution in [-0.4, -0.2) is 12.4 Å². The molecule has 0 aromatic heterocycles. The van der Waals surface area contributed by atoms with E-state index in [1.54, 1.807) is 0 Å². The molecule has 4 N–H and O–H groups in total. The number of hydrazine groups is 1. The third kappa shape index (κ3) is 2.38. The van der Waals surface area contributed by atoms with Crippen molar-refractivity contribution in [2.24, 2.45) is 11.7 Å². The van der Waals surface area contributed by atoms with Gasteiger partial charge in [-0.1, -0.05) is 30.3 Å². The van der Waals surface area contributed by atoms with E-state index in [1.807, 2.05) is 30.3 Å². The van der Waals surface area contributed by atoms with Crippen molar-refractivity contribution in [3.8, 4) is 6.07 Å². The first-order valence-electron chi connectivity index (χ1n) is 5.13. The number of nitrogens with zero attached hydrogens (tertiary/aromatic N) is 1. The van der Waals surface area contributed by atoms with Crippen molar-refractivity contribution in [1.82, 2.24) is 10.9 Å². The second-order valence-corrected chi connectivity index (χ2v) is 3.69. The average molecular weight is 218 g/mol. The lowest BCUT2D eigenvalue weighted by Gasteiger charge is -2.14. The summed E-state index contributed by atoms with van der Waals surface area (Å²) >= 11 is 0. The Morgan fingerprint density at radius 3 is 2.75 bits per heavy atom. The molecule has 0 radical (unpaired) electrons. The van der Waals surface area contributed by atoms with Gasteiger partial charge in [-0.25, -0.2) is 10.9 Å². The summed E-state index contributed by atoms with van der Waals surface area (Å²) < 4.78 is 5.59. The Balaban J connectivity index is 1.89. The Kier molecular flexibility index (Phi) is 3.49. The summed E-state index contributed by atoms with van der Waals surface area (Å²) in [7, 11) is 0. The third-order valence-electron chi connectivity index (χ3n) is 2.53. The highest BCUT2D eigenvalue weighted by Gasteiger charge is 2.34. The van der Waals surface area contributed by atoms with Gasteiger partial charge in [0.05, 0.1) is 18.8 Å². The third-order valence-corrected chi connectivity index (χ3v) is 2.53. The van der Waals surface area contributed by atoms with Gasteiger partial charge in [0.25, 0.3) is 0 Å². The molecule has 3 atom stereocenters. The molecule has 5 nitrogen and oxygen atoms in total. The summed E-state index contributed by atoms with van der Waals surface area (Å²) in [6.07, 6.45) is -0.744. The summed E-state index contributed by atoms with van der Waals surface area (Å²) in [5.74, 6) is -0.372. The molecule has 1 aliphatic heterocycles. The van der Waals surface area contributed by atoms with Crippen LogP contribution in [0, 0.1) is 17.2 Å². The van der Waals surface area contributed by atoms with Gasteiger partial charge in [0.1, 0.15) is 12.1 Å². The van der Waals surface area contributed by atoms with Gasteiger partial charge in [0, 0.05) is 0 Å². The zero-order valence-corrected chi connectivity index (χ0v) is 8.76. The zero-order chi connectivity index (χ0) is 11.4. The summed E-state index contributed by atoms with van der Waals surface area (Å²) in [6, 6.07) is 11.9. The number of hydrogen-bond acceptors (Lipinski definition) is 5. The second kappa shape index (κ2) is 5.05. The molecule has 0 bridgehead atoms. The maximum atomic E-state index is 8.91. The summed E-state index contributed by atoms with van der Waals surface area (Å²) in [4.78, 5) is 0.